The first-order valence-electron chi connectivity index (χ1n) is 12.6. The molecule has 1 fully saturated rings. The number of likely N-dealkylation sites (tertiary alicyclic amines) is 1. The zero-order valence-electron chi connectivity index (χ0n) is 19.3. The normalized spacial score (nSPS) is 15.6. The molecule has 0 N–H and O–H groups in total. The second-order valence-electron chi connectivity index (χ2n) is 9.57. The van der Waals surface area contributed by atoms with E-state index in [1.165, 1.54) is 91.9 Å². The number of rotatable bonds is 9. The lowest BCUT2D eigenvalue weighted by Crippen LogP contribution is -2.35. The third-order valence-corrected chi connectivity index (χ3v) is 7.36. The van der Waals surface area contributed by atoms with E-state index in [2.05, 4.69) is 88.3 Å². The van der Waals surface area contributed by atoms with Gasteiger partial charge in [-0.15, -0.1) is 0 Å². The largest absolute Gasteiger partial charge is 0.340 e. The molecule has 0 atom stereocenters. The maximum Gasteiger partial charge on any atom is 0.0491 e. The first-order chi connectivity index (χ1) is 15.9. The molecule has 1 saturated heterocycles. The Bertz CT molecular complexity index is 1070. The molecule has 1 aromatic heterocycles. The summed E-state index contributed by atoms with van der Waals surface area (Å²) in [7, 11) is 0. The van der Waals surface area contributed by atoms with Crippen molar-refractivity contribution < 1.29 is 0 Å². The SMILES string of the molecule is c1ccc(CC2CCN(CCCCCCn3c4ccccc4c4ccccc43)CC2)cc1. The number of benzene rings is 3. The number of aromatic nitrogens is 1. The first kappa shape index (κ1) is 21.3. The van der Waals surface area contributed by atoms with Crippen LogP contribution in [0.3, 0.4) is 0 Å². The van der Waals surface area contributed by atoms with Crippen LogP contribution in [-0.2, 0) is 13.0 Å². The topological polar surface area (TPSA) is 8.17 Å². The summed E-state index contributed by atoms with van der Waals surface area (Å²) in [6.07, 6.45) is 9.27. The molecular formula is C30H36N2. The van der Waals surface area contributed by atoms with E-state index in [0.717, 1.165) is 12.5 Å². The molecule has 32 heavy (non-hydrogen) atoms. The van der Waals surface area contributed by atoms with Crippen LogP contribution in [-0.4, -0.2) is 29.1 Å². The predicted octanol–water partition coefficient (Wildman–Crippen LogP) is 7.31. The average Bonchev–Trinajstić information content (AvgIpc) is 3.17. The number of fused-ring (bicyclic) bond motifs is 3. The van der Waals surface area contributed by atoms with Gasteiger partial charge >= 0.3 is 0 Å². The molecule has 166 valence electrons. The predicted molar refractivity (Wildman–Crippen MR) is 137 cm³/mol. The molecule has 2 nitrogen and oxygen atoms in total. The van der Waals surface area contributed by atoms with Crippen molar-refractivity contribution in [2.75, 3.05) is 19.6 Å². The van der Waals surface area contributed by atoms with E-state index in [1.54, 1.807) is 0 Å². The van der Waals surface area contributed by atoms with Crippen LogP contribution < -0.4 is 0 Å². The Morgan fingerprint density at radius 1 is 0.594 bits per heavy atom. The highest BCUT2D eigenvalue weighted by Crippen LogP contribution is 2.29. The number of hydrogen-bond donors (Lipinski definition) is 0. The van der Waals surface area contributed by atoms with Gasteiger partial charge in [0.2, 0.25) is 0 Å². The van der Waals surface area contributed by atoms with Crippen molar-refractivity contribution in [1.82, 2.24) is 9.47 Å². The van der Waals surface area contributed by atoms with Gasteiger partial charge in [-0.3, -0.25) is 0 Å². The third-order valence-electron chi connectivity index (χ3n) is 7.36. The van der Waals surface area contributed by atoms with Gasteiger partial charge in [-0.25, -0.2) is 0 Å². The molecule has 1 aliphatic heterocycles. The number of piperidine rings is 1. The molecule has 1 aliphatic rings. The highest BCUT2D eigenvalue weighted by Gasteiger charge is 2.19. The van der Waals surface area contributed by atoms with Gasteiger partial charge < -0.3 is 9.47 Å². The van der Waals surface area contributed by atoms with Gasteiger partial charge in [0, 0.05) is 28.4 Å². The molecule has 0 radical (unpaired) electrons. The zero-order chi connectivity index (χ0) is 21.6. The maximum absolute atomic E-state index is 2.70. The molecule has 0 aliphatic carbocycles. The Kier molecular flexibility index (Phi) is 6.89. The van der Waals surface area contributed by atoms with Crippen LogP contribution in [0.1, 0.15) is 44.1 Å². The molecular weight excluding hydrogens is 388 g/mol. The third kappa shape index (κ3) is 4.91. The van der Waals surface area contributed by atoms with Gasteiger partial charge in [-0.2, -0.15) is 0 Å². The van der Waals surface area contributed by atoms with Gasteiger partial charge in [0.25, 0.3) is 0 Å². The van der Waals surface area contributed by atoms with E-state index in [4.69, 9.17) is 0 Å². The van der Waals surface area contributed by atoms with Crippen molar-refractivity contribution in [2.45, 2.75) is 51.5 Å². The summed E-state index contributed by atoms with van der Waals surface area (Å²) in [4.78, 5) is 2.70. The second kappa shape index (κ2) is 10.4. The average molecular weight is 425 g/mol. The summed E-state index contributed by atoms with van der Waals surface area (Å²) in [5, 5.41) is 2.78. The highest BCUT2D eigenvalue weighted by molar-refractivity contribution is 6.07. The van der Waals surface area contributed by atoms with E-state index >= 15 is 0 Å². The molecule has 2 heteroatoms. The highest BCUT2D eigenvalue weighted by atomic mass is 15.1. The summed E-state index contributed by atoms with van der Waals surface area (Å²) >= 11 is 0. The number of unbranched alkanes of at least 4 members (excludes halogenated alkanes) is 3. The van der Waals surface area contributed by atoms with Gasteiger partial charge in [0.1, 0.15) is 0 Å². The molecule has 0 bridgehead atoms. The van der Waals surface area contributed by atoms with E-state index in [9.17, 15) is 0 Å². The minimum Gasteiger partial charge on any atom is -0.340 e. The fraction of sp³-hybridized carbons (Fsp3) is 0.400. The van der Waals surface area contributed by atoms with Crippen LogP contribution in [0, 0.1) is 5.92 Å². The Morgan fingerprint density at radius 2 is 1.16 bits per heavy atom. The Labute approximate surface area is 192 Å². The maximum atomic E-state index is 2.70. The van der Waals surface area contributed by atoms with Crippen LogP contribution in [0.5, 0.6) is 0 Å². The monoisotopic (exact) mass is 424 g/mol. The molecule has 0 saturated carbocycles. The molecule has 2 heterocycles. The smallest absolute Gasteiger partial charge is 0.0491 e. The van der Waals surface area contributed by atoms with E-state index in [-0.39, 0.29) is 0 Å². The second-order valence-corrected chi connectivity index (χ2v) is 9.57. The Morgan fingerprint density at radius 3 is 1.81 bits per heavy atom. The number of hydrogen-bond acceptors (Lipinski definition) is 1. The van der Waals surface area contributed by atoms with Crippen molar-refractivity contribution in [1.29, 1.82) is 0 Å². The zero-order valence-corrected chi connectivity index (χ0v) is 19.3. The van der Waals surface area contributed by atoms with Crippen LogP contribution >= 0.6 is 0 Å². The van der Waals surface area contributed by atoms with Crippen molar-refractivity contribution in [2.24, 2.45) is 5.92 Å². The van der Waals surface area contributed by atoms with Crippen LogP contribution in [0.15, 0.2) is 78.9 Å². The Hall–Kier alpha value is -2.58. The number of aryl methyl sites for hydroxylation is 1. The fourth-order valence-electron chi connectivity index (χ4n) is 5.56. The summed E-state index contributed by atoms with van der Waals surface area (Å²) < 4.78 is 2.53. The minimum atomic E-state index is 0.875. The summed E-state index contributed by atoms with van der Waals surface area (Å²) in [6.45, 7) is 4.99. The van der Waals surface area contributed by atoms with Crippen molar-refractivity contribution in [3.63, 3.8) is 0 Å². The van der Waals surface area contributed by atoms with E-state index in [1.807, 2.05) is 0 Å². The Balaban J connectivity index is 1.03. The van der Waals surface area contributed by atoms with Gasteiger partial charge in [-0.05, 0) is 75.4 Å². The first-order valence-corrected chi connectivity index (χ1v) is 12.6. The van der Waals surface area contributed by atoms with Crippen molar-refractivity contribution in [3.8, 4) is 0 Å². The lowest BCUT2D eigenvalue weighted by molar-refractivity contribution is 0.181. The van der Waals surface area contributed by atoms with E-state index in [0.29, 0.717) is 0 Å². The van der Waals surface area contributed by atoms with Crippen LogP contribution in [0.4, 0.5) is 0 Å². The van der Waals surface area contributed by atoms with Gasteiger partial charge in [-0.1, -0.05) is 79.6 Å². The number of nitrogens with zero attached hydrogens (tertiary/aromatic N) is 2. The molecule has 3 aromatic carbocycles. The quantitative estimate of drug-likeness (QED) is 0.256. The fourth-order valence-corrected chi connectivity index (χ4v) is 5.56. The molecule has 0 unspecified atom stereocenters. The summed E-state index contributed by atoms with van der Waals surface area (Å²) in [5.74, 6) is 0.875. The van der Waals surface area contributed by atoms with Crippen LogP contribution in [0.2, 0.25) is 0 Å². The van der Waals surface area contributed by atoms with Crippen LogP contribution in [0.25, 0.3) is 21.8 Å². The standard InChI is InChI=1S/C30H36N2/c1(10-20-31-22-18-26(19-23-31)24-25-12-4-3-5-13-25)2-11-21-32-29-16-8-6-14-27(29)28-15-7-9-17-30(28)32/h3-9,12-17,26H,1-2,10-11,18-24H2. The van der Waals surface area contributed by atoms with E-state index < -0.39 is 0 Å². The van der Waals surface area contributed by atoms with Gasteiger partial charge in [0.05, 0.1) is 0 Å². The van der Waals surface area contributed by atoms with Gasteiger partial charge in [0.15, 0.2) is 0 Å². The minimum absolute atomic E-state index is 0.875. The lowest BCUT2D eigenvalue weighted by atomic mass is 9.90. The van der Waals surface area contributed by atoms with Crippen molar-refractivity contribution in [3.05, 3.63) is 84.4 Å². The lowest BCUT2D eigenvalue weighted by Gasteiger charge is -2.32. The molecule has 0 spiro atoms. The molecule has 4 aromatic rings. The molecule has 5 rings (SSSR count). The molecule has 0 amide bonds. The summed E-state index contributed by atoms with van der Waals surface area (Å²) in [5.41, 5.74) is 4.27. The van der Waals surface area contributed by atoms with Crippen molar-refractivity contribution >= 4 is 21.8 Å². The number of para-hydroxylation sites is 2. The summed E-state index contributed by atoms with van der Waals surface area (Å²) in [6, 6.07) is 28.8.